The Labute approximate surface area is 90.0 Å². The molecule has 1 rings (SSSR count). The first-order valence-electron chi connectivity index (χ1n) is 5.31. The van der Waals surface area contributed by atoms with Crippen LogP contribution in [0.5, 0.6) is 0 Å². The Balaban J connectivity index is 2.37. The molecule has 0 spiro atoms. The van der Waals surface area contributed by atoms with Crippen LogP contribution in [0.25, 0.3) is 0 Å². The molecule has 0 amide bonds. The Bertz CT molecular complexity index is 210. The van der Waals surface area contributed by atoms with E-state index in [0.29, 0.717) is 26.4 Å². The maximum absolute atomic E-state index is 10.8. The fourth-order valence-electron chi connectivity index (χ4n) is 1.61. The van der Waals surface area contributed by atoms with Crippen molar-refractivity contribution in [3.63, 3.8) is 0 Å². The Morgan fingerprint density at radius 1 is 1.73 bits per heavy atom. The third-order valence-electron chi connectivity index (χ3n) is 2.56. The molecule has 1 aliphatic heterocycles. The molecule has 15 heavy (non-hydrogen) atoms. The fourth-order valence-corrected chi connectivity index (χ4v) is 1.61. The monoisotopic (exact) mass is 217 g/mol. The smallest absolute Gasteiger partial charge is 0.334 e. The Morgan fingerprint density at radius 2 is 2.47 bits per heavy atom. The Hall–Kier alpha value is -0.650. The molecular formula is C10H19NO4. The van der Waals surface area contributed by atoms with Gasteiger partial charge in [0.25, 0.3) is 0 Å². The highest BCUT2D eigenvalue weighted by atomic mass is 16.5. The quantitative estimate of drug-likeness (QED) is 0.712. The average Bonchev–Trinajstić information content (AvgIpc) is 2.26. The topological polar surface area (TPSA) is 59.0 Å². The zero-order valence-corrected chi connectivity index (χ0v) is 9.31. The third kappa shape index (κ3) is 3.77. The van der Waals surface area contributed by atoms with Crippen LogP contribution in [-0.4, -0.2) is 61.0 Å². The molecule has 5 nitrogen and oxygen atoms in total. The molecule has 2 unspecified atom stereocenters. The van der Waals surface area contributed by atoms with Gasteiger partial charge in [-0.1, -0.05) is 0 Å². The lowest BCUT2D eigenvalue weighted by atomic mass is 10.2. The molecule has 1 heterocycles. The number of morpholine rings is 1. The van der Waals surface area contributed by atoms with Gasteiger partial charge in [0.2, 0.25) is 0 Å². The summed E-state index contributed by atoms with van der Waals surface area (Å²) in [4.78, 5) is 12.8. The van der Waals surface area contributed by atoms with Gasteiger partial charge in [-0.25, -0.2) is 4.79 Å². The SMILES string of the molecule is CCOCC(C)N1CCOC(C(=O)O)C1. The van der Waals surface area contributed by atoms with E-state index >= 15 is 0 Å². The first-order valence-corrected chi connectivity index (χ1v) is 5.31. The largest absolute Gasteiger partial charge is 0.479 e. The molecule has 1 fully saturated rings. The summed E-state index contributed by atoms with van der Waals surface area (Å²) in [6, 6.07) is 0.246. The number of carboxylic acids is 1. The van der Waals surface area contributed by atoms with Gasteiger partial charge >= 0.3 is 5.97 Å². The van der Waals surface area contributed by atoms with E-state index in [1.165, 1.54) is 0 Å². The highest BCUT2D eigenvalue weighted by Gasteiger charge is 2.28. The molecule has 2 atom stereocenters. The van der Waals surface area contributed by atoms with Gasteiger partial charge in [-0.15, -0.1) is 0 Å². The van der Waals surface area contributed by atoms with Gasteiger partial charge < -0.3 is 14.6 Å². The maximum atomic E-state index is 10.8. The Morgan fingerprint density at radius 3 is 3.07 bits per heavy atom. The summed E-state index contributed by atoms with van der Waals surface area (Å²) in [6.45, 7) is 7.03. The second-order valence-corrected chi connectivity index (χ2v) is 3.70. The summed E-state index contributed by atoms with van der Waals surface area (Å²) in [6.07, 6.45) is -0.692. The van der Waals surface area contributed by atoms with Crippen LogP contribution >= 0.6 is 0 Å². The summed E-state index contributed by atoms with van der Waals surface area (Å²) in [5.41, 5.74) is 0. The molecule has 5 heteroatoms. The van der Waals surface area contributed by atoms with Gasteiger partial charge in [0.05, 0.1) is 13.2 Å². The van der Waals surface area contributed by atoms with Gasteiger partial charge in [0.1, 0.15) is 0 Å². The second kappa shape index (κ2) is 6.05. The van der Waals surface area contributed by atoms with Crippen LogP contribution in [0, 0.1) is 0 Å². The average molecular weight is 217 g/mol. The van der Waals surface area contributed by atoms with E-state index < -0.39 is 12.1 Å². The third-order valence-corrected chi connectivity index (χ3v) is 2.56. The molecule has 0 aromatic rings. The van der Waals surface area contributed by atoms with E-state index in [9.17, 15) is 4.79 Å². The first-order chi connectivity index (χ1) is 7.15. The van der Waals surface area contributed by atoms with E-state index in [0.717, 1.165) is 6.54 Å². The molecule has 1 aliphatic rings. The summed E-state index contributed by atoms with van der Waals surface area (Å²) < 4.78 is 10.5. The molecule has 1 N–H and O–H groups in total. The van der Waals surface area contributed by atoms with Crippen molar-refractivity contribution in [1.29, 1.82) is 0 Å². The van der Waals surface area contributed by atoms with Crippen molar-refractivity contribution in [1.82, 2.24) is 4.90 Å². The predicted molar refractivity (Wildman–Crippen MR) is 54.9 cm³/mol. The first kappa shape index (κ1) is 12.4. The minimum absolute atomic E-state index is 0.246. The van der Waals surface area contributed by atoms with E-state index in [2.05, 4.69) is 4.90 Å². The van der Waals surface area contributed by atoms with Crippen molar-refractivity contribution in [2.45, 2.75) is 26.0 Å². The Kier molecular flexibility index (Phi) is 5.01. The van der Waals surface area contributed by atoms with Crippen LogP contribution in [0.15, 0.2) is 0 Å². The van der Waals surface area contributed by atoms with Crippen LogP contribution in [0.4, 0.5) is 0 Å². The predicted octanol–water partition coefficient (Wildman–Crippen LogP) is 0.197. The minimum atomic E-state index is -0.886. The van der Waals surface area contributed by atoms with Crippen LogP contribution in [0.3, 0.4) is 0 Å². The maximum Gasteiger partial charge on any atom is 0.334 e. The molecule has 0 bridgehead atoms. The van der Waals surface area contributed by atoms with Gasteiger partial charge in [-0.3, -0.25) is 4.90 Å². The minimum Gasteiger partial charge on any atom is -0.479 e. The van der Waals surface area contributed by atoms with Crippen LogP contribution < -0.4 is 0 Å². The number of hydrogen-bond donors (Lipinski definition) is 1. The summed E-state index contributed by atoms with van der Waals surface area (Å²) in [7, 11) is 0. The highest BCUT2D eigenvalue weighted by molar-refractivity contribution is 5.72. The van der Waals surface area contributed by atoms with Gasteiger partial charge in [-0.2, -0.15) is 0 Å². The van der Waals surface area contributed by atoms with Crippen molar-refractivity contribution < 1.29 is 19.4 Å². The number of carbonyl (C=O) groups is 1. The lowest BCUT2D eigenvalue weighted by Gasteiger charge is -2.35. The van der Waals surface area contributed by atoms with Gasteiger partial charge in [-0.05, 0) is 13.8 Å². The molecular weight excluding hydrogens is 198 g/mol. The molecule has 0 aromatic heterocycles. The molecule has 0 aromatic carbocycles. The number of rotatable bonds is 5. The molecule has 1 saturated heterocycles. The van der Waals surface area contributed by atoms with Crippen LogP contribution in [0.1, 0.15) is 13.8 Å². The van der Waals surface area contributed by atoms with Crippen LogP contribution in [0.2, 0.25) is 0 Å². The lowest BCUT2D eigenvalue weighted by Crippen LogP contribution is -2.50. The zero-order valence-electron chi connectivity index (χ0n) is 9.31. The number of nitrogens with zero attached hydrogens (tertiary/aromatic N) is 1. The number of ether oxygens (including phenoxy) is 2. The van der Waals surface area contributed by atoms with Crippen molar-refractivity contribution >= 4 is 5.97 Å². The van der Waals surface area contributed by atoms with E-state index in [1.807, 2.05) is 13.8 Å². The zero-order chi connectivity index (χ0) is 11.3. The van der Waals surface area contributed by atoms with E-state index in [4.69, 9.17) is 14.6 Å². The van der Waals surface area contributed by atoms with Crippen molar-refractivity contribution in [2.24, 2.45) is 0 Å². The summed E-state index contributed by atoms with van der Waals surface area (Å²) >= 11 is 0. The summed E-state index contributed by atoms with van der Waals surface area (Å²) in [5.74, 6) is -0.886. The second-order valence-electron chi connectivity index (χ2n) is 3.70. The normalized spacial score (nSPS) is 25.1. The summed E-state index contributed by atoms with van der Waals surface area (Å²) in [5, 5.41) is 8.83. The lowest BCUT2D eigenvalue weighted by molar-refractivity contribution is -0.157. The van der Waals surface area contributed by atoms with Gasteiger partial charge in [0.15, 0.2) is 6.10 Å². The van der Waals surface area contributed by atoms with E-state index in [1.54, 1.807) is 0 Å². The van der Waals surface area contributed by atoms with E-state index in [-0.39, 0.29) is 6.04 Å². The number of carboxylic acid groups (broad SMARTS) is 1. The number of hydrogen-bond acceptors (Lipinski definition) is 4. The van der Waals surface area contributed by atoms with Crippen molar-refractivity contribution in [3.8, 4) is 0 Å². The van der Waals surface area contributed by atoms with Crippen molar-refractivity contribution in [3.05, 3.63) is 0 Å². The van der Waals surface area contributed by atoms with Crippen LogP contribution in [-0.2, 0) is 14.3 Å². The van der Waals surface area contributed by atoms with Gasteiger partial charge in [0, 0.05) is 25.7 Å². The molecule has 0 radical (unpaired) electrons. The standard InChI is InChI=1S/C10H19NO4/c1-3-14-7-8(2)11-4-5-15-9(6-11)10(12)13/h8-9H,3-7H2,1-2H3,(H,12,13). The van der Waals surface area contributed by atoms with Crippen molar-refractivity contribution in [2.75, 3.05) is 32.9 Å². The molecule has 0 saturated carbocycles. The highest BCUT2D eigenvalue weighted by Crippen LogP contribution is 2.09. The molecule has 88 valence electrons. The number of aliphatic carboxylic acids is 1. The fraction of sp³-hybridized carbons (Fsp3) is 0.900. The molecule has 0 aliphatic carbocycles.